The molecule has 88 valence electrons. The van der Waals surface area contributed by atoms with Crippen LogP contribution >= 0.6 is 22.6 Å². The zero-order valence-electron chi connectivity index (χ0n) is 8.99. The van der Waals surface area contributed by atoms with Crippen molar-refractivity contribution in [2.45, 2.75) is 32.4 Å². The maximum atomic E-state index is 11.5. The Balaban J connectivity index is 4.65. The van der Waals surface area contributed by atoms with Gasteiger partial charge in [-0.3, -0.25) is 9.59 Å². The second-order valence-corrected chi connectivity index (χ2v) is 5.05. The molecule has 0 radical (unpaired) electrons. The molecule has 5 nitrogen and oxygen atoms in total. The Morgan fingerprint density at radius 2 is 1.93 bits per heavy atom. The third-order valence-corrected chi connectivity index (χ3v) is 2.55. The highest BCUT2D eigenvalue weighted by Crippen LogP contribution is 2.14. The number of esters is 1. The molecule has 15 heavy (non-hydrogen) atoms. The number of ether oxygens (including phenoxy) is 1. The first kappa shape index (κ1) is 14.6. The lowest BCUT2D eigenvalue weighted by molar-refractivity contribution is -0.167. The van der Waals surface area contributed by atoms with Gasteiger partial charge in [0.25, 0.3) is 0 Å². The normalized spacial score (nSPS) is 15.5. The Kier molecular flexibility index (Phi) is 5.50. The molecule has 0 saturated heterocycles. The van der Waals surface area contributed by atoms with Crippen molar-refractivity contribution in [2.75, 3.05) is 4.43 Å². The van der Waals surface area contributed by atoms with Crippen molar-refractivity contribution in [1.29, 1.82) is 0 Å². The molecule has 0 aromatic rings. The highest BCUT2D eigenvalue weighted by Gasteiger charge is 2.35. The Bertz CT molecular complexity index is 249. The second-order valence-electron chi connectivity index (χ2n) is 4.17. The van der Waals surface area contributed by atoms with Crippen LogP contribution in [-0.2, 0) is 14.3 Å². The molecule has 2 atom stereocenters. The van der Waals surface area contributed by atoms with E-state index in [1.165, 1.54) is 0 Å². The van der Waals surface area contributed by atoms with Crippen molar-refractivity contribution in [3.05, 3.63) is 0 Å². The summed E-state index contributed by atoms with van der Waals surface area (Å²) < 4.78 is 5.36. The van der Waals surface area contributed by atoms with Gasteiger partial charge in [-0.05, 0) is 20.8 Å². The number of carbonyl (C=O) groups excluding carboxylic acids is 1. The summed E-state index contributed by atoms with van der Waals surface area (Å²) in [6.45, 7) is 5.04. The fourth-order valence-electron chi connectivity index (χ4n) is 0.913. The van der Waals surface area contributed by atoms with Gasteiger partial charge in [0, 0.05) is 10.5 Å². The largest absolute Gasteiger partial charge is 0.481 e. The molecule has 2 unspecified atom stereocenters. The summed E-state index contributed by atoms with van der Waals surface area (Å²) in [5.41, 5.74) is 4.85. The van der Waals surface area contributed by atoms with Crippen LogP contribution in [0.2, 0.25) is 0 Å². The number of carboxylic acid groups (broad SMARTS) is 1. The number of carboxylic acids is 1. The Morgan fingerprint density at radius 1 is 1.47 bits per heavy atom. The second kappa shape index (κ2) is 5.64. The highest BCUT2D eigenvalue weighted by molar-refractivity contribution is 14.1. The summed E-state index contributed by atoms with van der Waals surface area (Å²) in [6, 6.07) is -0.724. The average molecular weight is 329 g/mol. The predicted octanol–water partition coefficient (Wildman–Crippen LogP) is 0.791. The van der Waals surface area contributed by atoms with Crippen molar-refractivity contribution in [2.24, 2.45) is 11.7 Å². The topological polar surface area (TPSA) is 89.6 Å². The molecule has 0 aromatic heterocycles. The van der Waals surface area contributed by atoms with Crippen LogP contribution in [0.5, 0.6) is 0 Å². The molecular formula is C9H16INO4. The maximum Gasteiger partial charge on any atom is 0.322 e. The van der Waals surface area contributed by atoms with Crippen LogP contribution in [0.25, 0.3) is 0 Å². The first-order chi connectivity index (χ1) is 6.69. The number of hydrogen-bond donors (Lipinski definition) is 2. The van der Waals surface area contributed by atoms with E-state index in [0.717, 1.165) is 0 Å². The summed E-state index contributed by atoms with van der Waals surface area (Å²) in [6.07, 6.45) is 0. The smallest absolute Gasteiger partial charge is 0.322 e. The van der Waals surface area contributed by atoms with Crippen molar-refractivity contribution in [3.8, 4) is 0 Å². The fourth-order valence-corrected chi connectivity index (χ4v) is 1.42. The molecule has 0 rings (SSSR count). The molecule has 6 heteroatoms. The first-order valence-electron chi connectivity index (χ1n) is 4.46. The molecule has 0 heterocycles. The van der Waals surface area contributed by atoms with Crippen LogP contribution in [0.3, 0.4) is 0 Å². The lowest BCUT2D eigenvalue weighted by Gasteiger charge is -2.24. The van der Waals surface area contributed by atoms with E-state index in [9.17, 15) is 9.59 Å². The Morgan fingerprint density at radius 3 is 2.20 bits per heavy atom. The Hall–Kier alpha value is -0.370. The molecule has 0 aliphatic heterocycles. The number of carbonyl (C=O) groups is 2. The van der Waals surface area contributed by atoms with Gasteiger partial charge in [0.2, 0.25) is 0 Å². The number of nitrogens with two attached hydrogens (primary N) is 1. The van der Waals surface area contributed by atoms with Crippen molar-refractivity contribution >= 4 is 34.5 Å². The minimum absolute atomic E-state index is 0.383. The van der Waals surface area contributed by atoms with E-state index in [4.69, 9.17) is 15.6 Å². The van der Waals surface area contributed by atoms with Gasteiger partial charge >= 0.3 is 11.9 Å². The average Bonchev–Trinajstić information content (AvgIpc) is 1.99. The lowest BCUT2D eigenvalue weighted by atomic mass is 10.0. The van der Waals surface area contributed by atoms with Crippen molar-refractivity contribution < 1.29 is 19.4 Å². The predicted molar refractivity (Wildman–Crippen MR) is 63.8 cm³/mol. The van der Waals surface area contributed by atoms with E-state index in [2.05, 4.69) is 0 Å². The summed E-state index contributed by atoms with van der Waals surface area (Å²) in [4.78, 5) is 22.4. The van der Waals surface area contributed by atoms with Crippen molar-refractivity contribution in [1.82, 2.24) is 0 Å². The monoisotopic (exact) mass is 329 g/mol. The van der Waals surface area contributed by atoms with Gasteiger partial charge in [-0.1, -0.05) is 22.6 Å². The summed E-state index contributed by atoms with van der Waals surface area (Å²) >= 11 is 1.94. The number of halogens is 1. The van der Waals surface area contributed by atoms with E-state index < -0.39 is 29.5 Å². The van der Waals surface area contributed by atoms with E-state index >= 15 is 0 Å². The zero-order valence-corrected chi connectivity index (χ0v) is 11.1. The van der Waals surface area contributed by atoms with Gasteiger partial charge in [-0.15, -0.1) is 0 Å². The fraction of sp³-hybridized carbons (Fsp3) is 0.778. The third-order valence-electron chi connectivity index (χ3n) is 1.53. The van der Waals surface area contributed by atoms with Crippen molar-refractivity contribution in [3.63, 3.8) is 0 Å². The van der Waals surface area contributed by atoms with Crippen LogP contribution in [-0.4, -0.2) is 33.1 Å². The first-order valence-corrected chi connectivity index (χ1v) is 5.99. The molecule has 0 aliphatic rings. The molecule has 0 spiro atoms. The molecule has 0 saturated carbocycles. The number of alkyl halides is 1. The molecule has 0 bridgehead atoms. The quantitative estimate of drug-likeness (QED) is 0.344. The molecule has 0 amide bonds. The van der Waals surface area contributed by atoms with Gasteiger partial charge in [-0.2, -0.15) is 0 Å². The van der Waals surface area contributed by atoms with E-state index in [1.54, 1.807) is 20.8 Å². The molecular weight excluding hydrogens is 313 g/mol. The molecule has 0 fully saturated rings. The van der Waals surface area contributed by atoms with Gasteiger partial charge in [0.15, 0.2) is 5.92 Å². The summed E-state index contributed by atoms with van der Waals surface area (Å²) in [5.74, 6) is -3.31. The number of rotatable bonds is 4. The van der Waals surface area contributed by atoms with Gasteiger partial charge in [-0.25, -0.2) is 0 Å². The van der Waals surface area contributed by atoms with Crippen LogP contribution < -0.4 is 5.73 Å². The minimum atomic E-state index is -1.29. The molecule has 3 N–H and O–H groups in total. The zero-order chi connectivity index (χ0) is 12.2. The van der Waals surface area contributed by atoms with Crippen LogP contribution in [0.4, 0.5) is 0 Å². The Labute approximate surface area is 102 Å². The van der Waals surface area contributed by atoms with Gasteiger partial charge in [0.1, 0.15) is 5.60 Å². The van der Waals surface area contributed by atoms with E-state index in [1.807, 2.05) is 22.6 Å². The standard InChI is InChI=1S/C9H16INO4/c1-9(2,3)15-8(14)6(7(12)13)5(11)4-10/h5-6H,4,11H2,1-3H3,(H,12,13). The summed E-state index contributed by atoms with van der Waals surface area (Å²) in [5, 5.41) is 8.86. The maximum absolute atomic E-state index is 11.5. The SMILES string of the molecule is CC(C)(C)OC(=O)C(C(=O)O)C(N)CI. The minimum Gasteiger partial charge on any atom is -0.481 e. The van der Waals surface area contributed by atoms with Gasteiger partial charge < -0.3 is 15.6 Å². The third kappa shape index (κ3) is 5.31. The number of hydrogen-bond acceptors (Lipinski definition) is 4. The van der Waals surface area contributed by atoms with E-state index in [-0.39, 0.29) is 0 Å². The van der Waals surface area contributed by atoms with E-state index in [0.29, 0.717) is 4.43 Å². The molecule has 0 aromatic carbocycles. The highest BCUT2D eigenvalue weighted by atomic mass is 127. The van der Waals surface area contributed by atoms with Crippen LogP contribution in [0, 0.1) is 5.92 Å². The van der Waals surface area contributed by atoms with Crippen LogP contribution in [0.1, 0.15) is 20.8 Å². The molecule has 0 aliphatic carbocycles. The lowest BCUT2D eigenvalue weighted by Crippen LogP contribution is -2.44. The number of aliphatic carboxylic acids is 1. The van der Waals surface area contributed by atoms with Gasteiger partial charge in [0.05, 0.1) is 0 Å². The van der Waals surface area contributed by atoms with Crippen LogP contribution in [0.15, 0.2) is 0 Å². The summed E-state index contributed by atoms with van der Waals surface area (Å²) in [7, 11) is 0.